The van der Waals surface area contributed by atoms with Gasteiger partial charge in [-0.2, -0.15) is 0 Å². The van der Waals surface area contributed by atoms with Gasteiger partial charge in [-0.3, -0.25) is 0 Å². The minimum atomic E-state index is 0.323. The maximum Gasteiger partial charge on any atom is 0.0723 e. The van der Waals surface area contributed by atoms with E-state index in [2.05, 4.69) is 91.8 Å². The van der Waals surface area contributed by atoms with Crippen molar-refractivity contribution in [1.82, 2.24) is 4.90 Å². The molecule has 0 fully saturated rings. The van der Waals surface area contributed by atoms with Crippen molar-refractivity contribution >= 4 is 0 Å². The molecule has 1 nitrogen and oxygen atoms in total. The van der Waals surface area contributed by atoms with Crippen LogP contribution in [0.4, 0.5) is 0 Å². The van der Waals surface area contributed by atoms with E-state index in [4.69, 9.17) is 0 Å². The summed E-state index contributed by atoms with van der Waals surface area (Å²) in [5.41, 5.74) is 5.25. The number of rotatable bonds is 2. The Morgan fingerprint density at radius 3 is 2.45 bits per heavy atom. The van der Waals surface area contributed by atoms with Crippen LogP contribution in [0, 0.1) is 6.92 Å². The maximum absolute atomic E-state index is 2.31. The first-order chi connectivity index (χ1) is 9.75. The Hall–Kier alpha value is -2.28. The van der Waals surface area contributed by atoms with Gasteiger partial charge in [0.15, 0.2) is 0 Å². The molecule has 0 radical (unpaired) electrons. The molecule has 2 aromatic carbocycles. The van der Waals surface area contributed by atoms with Crippen molar-refractivity contribution in [3.05, 3.63) is 84.1 Å². The molecule has 2 aromatic rings. The highest BCUT2D eigenvalue weighted by Crippen LogP contribution is 2.30. The van der Waals surface area contributed by atoms with Crippen LogP contribution in [0.1, 0.15) is 17.2 Å². The van der Waals surface area contributed by atoms with Gasteiger partial charge in [0, 0.05) is 7.05 Å². The molecule has 1 heteroatoms. The van der Waals surface area contributed by atoms with Crippen LogP contribution >= 0.6 is 0 Å². The second kappa shape index (κ2) is 5.38. The van der Waals surface area contributed by atoms with E-state index in [1.54, 1.807) is 0 Å². The van der Waals surface area contributed by atoms with E-state index in [0.717, 1.165) is 0 Å². The van der Waals surface area contributed by atoms with Crippen molar-refractivity contribution in [3.63, 3.8) is 0 Å². The summed E-state index contributed by atoms with van der Waals surface area (Å²) >= 11 is 0. The predicted molar refractivity (Wildman–Crippen MR) is 85.4 cm³/mol. The van der Waals surface area contributed by atoms with Gasteiger partial charge in [-0.1, -0.05) is 54.6 Å². The summed E-state index contributed by atoms with van der Waals surface area (Å²) in [5, 5.41) is 0. The van der Waals surface area contributed by atoms with E-state index < -0.39 is 0 Å². The number of likely N-dealkylation sites (N-methyl/N-ethyl adjacent to an activating group) is 1. The Kier molecular flexibility index (Phi) is 3.42. The Morgan fingerprint density at radius 1 is 0.900 bits per heavy atom. The lowest BCUT2D eigenvalue weighted by atomic mass is 9.94. The molecule has 0 bridgehead atoms. The molecular weight excluding hydrogens is 242 g/mol. The lowest BCUT2D eigenvalue weighted by Gasteiger charge is -2.28. The summed E-state index contributed by atoms with van der Waals surface area (Å²) in [7, 11) is 2.12. The number of aryl methyl sites for hydroxylation is 1. The highest BCUT2D eigenvalue weighted by atomic mass is 15.1. The normalized spacial score (nSPS) is 17.5. The summed E-state index contributed by atoms with van der Waals surface area (Å²) < 4.78 is 0. The SMILES string of the molecule is Cc1ccc(-c2ccccc2)cc1C1C=CC=CN1C. The molecule has 1 aliphatic rings. The molecule has 20 heavy (non-hydrogen) atoms. The molecule has 1 unspecified atom stereocenters. The summed E-state index contributed by atoms with van der Waals surface area (Å²) in [6.45, 7) is 2.18. The summed E-state index contributed by atoms with van der Waals surface area (Å²) in [5.74, 6) is 0. The second-order valence-electron chi connectivity index (χ2n) is 5.27. The molecular formula is C19H19N. The number of nitrogens with zero attached hydrogens (tertiary/aromatic N) is 1. The van der Waals surface area contributed by atoms with Gasteiger partial charge < -0.3 is 4.90 Å². The Bertz CT molecular complexity index is 653. The van der Waals surface area contributed by atoms with Crippen molar-refractivity contribution in [1.29, 1.82) is 0 Å². The van der Waals surface area contributed by atoms with E-state index in [0.29, 0.717) is 6.04 Å². The van der Waals surface area contributed by atoms with Gasteiger partial charge in [0.05, 0.1) is 6.04 Å². The van der Waals surface area contributed by atoms with E-state index >= 15 is 0 Å². The van der Waals surface area contributed by atoms with Crippen LogP contribution in [-0.4, -0.2) is 11.9 Å². The molecule has 1 heterocycles. The topological polar surface area (TPSA) is 3.24 Å². The molecule has 1 aliphatic heterocycles. The van der Waals surface area contributed by atoms with Crippen LogP contribution in [0.15, 0.2) is 73.0 Å². The highest BCUT2D eigenvalue weighted by molar-refractivity contribution is 5.65. The van der Waals surface area contributed by atoms with Crippen LogP contribution in [0.25, 0.3) is 11.1 Å². The molecule has 0 aromatic heterocycles. The first kappa shape index (κ1) is 12.7. The molecule has 0 saturated heterocycles. The van der Waals surface area contributed by atoms with Crippen molar-refractivity contribution in [2.24, 2.45) is 0 Å². The third kappa shape index (κ3) is 2.39. The first-order valence-corrected chi connectivity index (χ1v) is 6.98. The monoisotopic (exact) mass is 261 g/mol. The standard InChI is InChI=1S/C19H19N/c1-15-11-12-17(16-8-4-3-5-9-16)14-18(15)19-10-6-7-13-20(19)2/h3-14,19H,1-2H3. The minimum Gasteiger partial charge on any atom is -0.370 e. The van der Waals surface area contributed by atoms with Crippen LogP contribution in [0.5, 0.6) is 0 Å². The van der Waals surface area contributed by atoms with Gasteiger partial charge in [0.1, 0.15) is 0 Å². The van der Waals surface area contributed by atoms with E-state index in [1.165, 1.54) is 22.3 Å². The van der Waals surface area contributed by atoms with Crippen molar-refractivity contribution in [2.75, 3.05) is 7.05 Å². The van der Waals surface area contributed by atoms with Crippen molar-refractivity contribution in [2.45, 2.75) is 13.0 Å². The zero-order chi connectivity index (χ0) is 13.9. The third-order valence-corrected chi connectivity index (χ3v) is 3.87. The largest absolute Gasteiger partial charge is 0.370 e. The van der Waals surface area contributed by atoms with Gasteiger partial charge in [-0.15, -0.1) is 0 Å². The predicted octanol–water partition coefficient (Wildman–Crippen LogP) is 4.72. The quantitative estimate of drug-likeness (QED) is 0.756. The van der Waals surface area contributed by atoms with Crippen LogP contribution < -0.4 is 0 Å². The smallest absolute Gasteiger partial charge is 0.0723 e. The average molecular weight is 261 g/mol. The average Bonchev–Trinajstić information content (AvgIpc) is 2.49. The van der Waals surface area contributed by atoms with Crippen molar-refractivity contribution < 1.29 is 0 Å². The van der Waals surface area contributed by atoms with Gasteiger partial charge in [-0.05, 0) is 47.5 Å². The fourth-order valence-corrected chi connectivity index (χ4v) is 2.68. The third-order valence-electron chi connectivity index (χ3n) is 3.87. The number of hydrogen-bond donors (Lipinski definition) is 0. The molecule has 0 saturated carbocycles. The Labute approximate surface area is 120 Å². The Balaban J connectivity index is 2.04. The Morgan fingerprint density at radius 2 is 1.70 bits per heavy atom. The minimum absolute atomic E-state index is 0.323. The summed E-state index contributed by atoms with van der Waals surface area (Å²) in [4.78, 5) is 2.25. The molecule has 1 atom stereocenters. The van der Waals surface area contributed by atoms with E-state index in [9.17, 15) is 0 Å². The van der Waals surface area contributed by atoms with Gasteiger partial charge in [0.2, 0.25) is 0 Å². The fourth-order valence-electron chi connectivity index (χ4n) is 2.68. The summed E-state index contributed by atoms with van der Waals surface area (Å²) in [6, 6.07) is 17.6. The number of allylic oxidation sites excluding steroid dienone is 2. The first-order valence-electron chi connectivity index (χ1n) is 6.98. The fraction of sp³-hybridized carbons (Fsp3) is 0.158. The van der Waals surface area contributed by atoms with Crippen LogP contribution in [-0.2, 0) is 0 Å². The second-order valence-corrected chi connectivity index (χ2v) is 5.27. The van der Waals surface area contributed by atoms with Gasteiger partial charge >= 0.3 is 0 Å². The summed E-state index contributed by atoms with van der Waals surface area (Å²) in [6.07, 6.45) is 8.57. The zero-order valence-electron chi connectivity index (χ0n) is 12.0. The van der Waals surface area contributed by atoms with Crippen molar-refractivity contribution in [3.8, 4) is 11.1 Å². The maximum atomic E-state index is 2.31. The van der Waals surface area contributed by atoms with Gasteiger partial charge in [0.25, 0.3) is 0 Å². The highest BCUT2D eigenvalue weighted by Gasteiger charge is 2.16. The number of benzene rings is 2. The lowest BCUT2D eigenvalue weighted by Crippen LogP contribution is -2.19. The molecule has 0 amide bonds. The molecule has 0 aliphatic carbocycles. The number of hydrogen-bond acceptors (Lipinski definition) is 1. The van der Waals surface area contributed by atoms with Crippen LogP contribution in [0.3, 0.4) is 0 Å². The molecule has 0 N–H and O–H groups in total. The van der Waals surface area contributed by atoms with Gasteiger partial charge in [-0.25, -0.2) is 0 Å². The molecule has 3 rings (SSSR count). The molecule has 100 valence electrons. The van der Waals surface area contributed by atoms with Crippen LogP contribution in [0.2, 0.25) is 0 Å². The zero-order valence-corrected chi connectivity index (χ0v) is 12.0. The van der Waals surface area contributed by atoms with E-state index in [1.807, 2.05) is 0 Å². The van der Waals surface area contributed by atoms with E-state index in [-0.39, 0.29) is 0 Å². The lowest BCUT2D eigenvalue weighted by molar-refractivity contribution is 0.388. The molecule has 0 spiro atoms.